The highest BCUT2D eigenvalue weighted by atomic mass is 16.5. The van der Waals surface area contributed by atoms with Crippen LogP contribution in [-0.4, -0.2) is 27.4 Å². The maximum absolute atomic E-state index is 5.54. The van der Waals surface area contributed by atoms with E-state index in [1.54, 1.807) is 14.2 Å². The van der Waals surface area contributed by atoms with Gasteiger partial charge in [-0.3, -0.25) is 0 Å². The molecule has 0 saturated carbocycles. The van der Waals surface area contributed by atoms with Gasteiger partial charge in [0.2, 0.25) is 0 Å². The van der Waals surface area contributed by atoms with Crippen LogP contribution in [0.5, 0.6) is 0 Å². The van der Waals surface area contributed by atoms with Crippen molar-refractivity contribution in [3.63, 3.8) is 0 Å². The first-order valence-corrected chi connectivity index (χ1v) is 5.63. The molecule has 1 aromatic rings. The Morgan fingerprint density at radius 3 is 2.69 bits per heavy atom. The number of nitrogens with one attached hydrogen (secondary N) is 1. The van der Waals surface area contributed by atoms with E-state index in [1.807, 2.05) is 12.1 Å². The zero-order chi connectivity index (χ0) is 11.6. The van der Waals surface area contributed by atoms with Crippen molar-refractivity contribution < 1.29 is 13.9 Å². The fourth-order valence-corrected chi connectivity index (χ4v) is 1.45. The van der Waals surface area contributed by atoms with Crippen LogP contribution in [0.2, 0.25) is 0 Å². The molecule has 0 amide bonds. The van der Waals surface area contributed by atoms with Crippen molar-refractivity contribution in [1.82, 2.24) is 5.32 Å². The van der Waals surface area contributed by atoms with Gasteiger partial charge in [0.05, 0.1) is 6.54 Å². The van der Waals surface area contributed by atoms with Gasteiger partial charge in [-0.05, 0) is 31.5 Å². The summed E-state index contributed by atoms with van der Waals surface area (Å²) in [5.74, 6) is 1.83. The van der Waals surface area contributed by atoms with E-state index in [1.165, 1.54) is 0 Å². The third kappa shape index (κ3) is 5.30. The molecule has 0 aliphatic heterocycles. The number of hydrogen-bond donors (Lipinski definition) is 1. The van der Waals surface area contributed by atoms with Gasteiger partial charge in [-0.1, -0.05) is 0 Å². The Morgan fingerprint density at radius 1 is 1.12 bits per heavy atom. The molecule has 0 spiro atoms. The molecule has 0 fully saturated rings. The number of hydrogen-bond acceptors (Lipinski definition) is 4. The van der Waals surface area contributed by atoms with Crippen LogP contribution in [0.15, 0.2) is 16.5 Å². The van der Waals surface area contributed by atoms with Crippen molar-refractivity contribution in [2.45, 2.75) is 26.0 Å². The molecule has 0 atom stereocenters. The molecule has 16 heavy (non-hydrogen) atoms. The Kier molecular flexibility index (Phi) is 6.88. The highest BCUT2D eigenvalue weighted by Gasteiger charge is 2.00. The largest absolute Gasteiger partial charge is 0.462 e. The lowest BCUT2D eigenvalue weighted by molar-refractivity contribution is 0.162. The predicted octanol–water partition coefficient (Wildman–Crippen LogP) is 1.94. The topological polar surface area (TPSA) is 43.6 Å². The van der Waals surface area contributed by atoms with Gasteiger partial charge in [0.15, 0.2) is 0 Å². The van der Waals surface area contributed by atoms with E-state index in [-0.39, 0.29) is 0 Å². The van der Waals surface area contributed by atoms with E-state index in [4.69, 9.17) is 13.9 Å². The Morgan fingerprint density at radius 2 is 1.94 bits per heavy atom. The molecule has 1 rings (SSSR count). The van der Waals surface area contributed by atoms with Crippen LogP contribution in [0.4, 0.5) is 0 Å². The van der Waals surface area contributed by atoms with Crippen molar-refractivity contribution in [3.05, 3.63) is 23.7 Å². The summed E-state index contributed by atoms with van der Waals surface area (Å²) in [6.45, 7) is 3.13. The summed E-state index contributed by atoms with van der Waals surface area (Å²) < 4.78 is 15.5. The summed E-state index contributed by atoms with van der Waals surface area (Å²) in [4.78, 5) is 0. The molecule has 92 valence electrons. The van der Waals surface area contributed by atoms with Crippen LogP contribution >= 0.6 is 0 Å². The molecule has 0 aliphatic carbocycles. The number of rotatable bonds is 9. The fraction of sp³-hybridized carbons (Fsp3) is 0.667. The van der Waals surface area contributed by atoms with E-state index < -0.39 is 0 Å². The highest BCUT2D eigenvalue weighted by Crippen LogP contribution is 2.08. The van der Waals surface area contributed by atoms with E-state index in [9.17, 15) is 0 Å². The highest BCUT2D eigenvalue weighted by molar-refractivity contribution is 5.06. The second kappa shape index (κ2) is 8.33. The lowest BCUT2D eigenvalue weighted by atomic mass is 10.3. The summed E-state index contributed by atoms with van der Waals surface area (Å²) in [6, 6.07) is 3.93. The minimum atomic E-state index is 0.536. The molecule has 0 radical (unpaired) electrons. The summed E-state index contributed by atoms with van der Waals surface area (Å²) in [5, 5.41) is 3.33. The quantitative estimate of drug-likeness (QED) is 0.655. The lowest BCUT2D eigenvalue weighted by Crippen LogP contribution is -2.14. The summed E-state index contributed by atoms with van der Waals surface area (Å²) in [5.41, 5.74) is 0. The Balaban J connectivity index is 2.07. The third-order valence-electron chi connectivity index (χ3n) is 2.26. The van der Waals surface area contributed by atoms with Crippen LogP contribution in [0, 0.1) is 0 Å². The number of furan rings is 1. The number of methoxy groups -OCH3 is 2. The van der Waals surface area contributed by atoms with Crippen LogP contribution in [-0.2, 0) is 22.6 Å². The minimum absolute atomic E-state index is 0.536. The van der Waals surface area contributed by atoms with Crippen LogP contribution < -0.4 is 5.32 Å². The zero-order valence-electron chi connectivity index (χ0n) is 10.1. The second-order valence-corrected chi connectivity index (χ2v) is 3.68. The Hall–Kier alpha value is -0.840. The van der Waals surface area contributed by atoms with E-state index in [0.717, 1.165) is 44.1 Å². The van der Waals surface area contributed by atoms with Crippen LogP contribution in [0.3, 0.4) is 0 Å². The van der Waals surface area contributed by atoms with Gasteiger partial charge in [0, 0.05) is 20.8 Å². The molecular weight excluding hydrogens is 206 g/mol. The Bertz CT molecular complexity index is 273. The van der Waals surface area contributed by atoms with E-state index in [0.29, 0.717) is 6.61 Å². The molecular formula is C12H21NO3. The van der Waals surface area contributed by atoms with Crippen molar-refractivity contribution in [1.29, 1.82) is 0 Å². The third-order valence-corrected chi connectivity index (χ3v) is 2.26. The first kappa shape index (κ1) is 13.2. The SMILES string of the molecule is COCCCCNCc1ccc(COC)o1. The first-order valence-electron chi connectivity index (χ1n) is 5.63. The van der Waals surface area contributed by atoms with Crippen molar-refractivity contribution in [3.8, 4) is 0 Å². The summed E-state index contributed by atoms with van der Waals surface area (Å²) in [7, 11) is 3.39. The van der Waals surface area contributed by atoms with E-state index >= 15 is 0 Å². The fourth-order valence-electron chi connectivity index (χ4n) is 1.45. The number of unbranched alkanes of at least 4 members (excludes halogenated alkanes) is 1. The normalized spacial score (nSPS) is 10.9. The van der Waals surface area contributed by atoms with Gasteiger partial charge in [0.25, 0.3) is 0 Å². The smallest absolute Gasteiger partial charge is 0.129 e. The van der Waals surface area contributed by atoms with E-state index in [2.05, 4.69) is 5.32 Å². The second-order valence-electron chi connectivity index (χ2n) is 3.68. The lowest BCUT2D eigenvalue weighted by Gasteiger charge is -2.02. The molecule has 0 saturated heterocycles. The maximum Gasteiger partial charge on any atom is 0.129 e. The maximum atomic E-state index is 5.54. The molecule has 0 aromatic carbocycles. The molecule has 1 N–H and O–H groups in total. The molecule has 1 heterocycles. The summed E-state index contributed by atoms with van der Waals surface area (Å²) in [6.07, 6.45) is 2.22. The molecule has 0 aliphatic rings. The molecule has 0 unspecified atom stereocenters. The first-order chi connectivity index (χ1) is 7.86. The minimum Gasteiger partial charge on any atom is -0.462 e. The van der Waals surface area contributed by atoms with Gasteiger partial charge in [0.1, 0.15) is 18.1 Å². The number of ether oxygens (including phenoxy) is 2. The van der Waals surface area contributed by atoms with Crippen LogP contribution in [0.1, 0.15) is 24.4 Å². The van der Waals surface area contributed by atoms with Crippen molar-refractivity contribution in [2.75, 3.05) is 27.4 Å². The average Bonchev–Trinajstić information content (AvgIpc) is 2.72. The zero-order valence-corrected chi connectivity index (χ0v) is 10.1. The summed E-state index contributed by atoms with van der Waals surface area (Å²) >= 11 is 0. The monoisotopic (exact) mass is 227 g/mol. The molecule has 4 nitrogen and oxygen atoms in total. The standard InChI is InChI=1S/C12H21NO3/c1-14-8-4-3-7-13-9-11-5-6-12(16-11)10-15-2/h5-6,13H,3-4,7-10H2,1-2H3. The molecule has 4 heteroatoms. The van der Waals surface area contributed by atoms with Gasteiger partial charge < -0.3 is 19.2 Å². The van der Waals surface area contributed by atoms with Gasteiger partial charge in [-0.25, -0.2) is 0 Å². The molecule has 1 aromatic heterocycles. The van der Waals surface area contributed by atoms with Crippen molar-refractivity contribution in [2.24, 2.45) is 0 Å². The van der Waals surface area contributed by atoms with Crippen molar-refractivity contribution >= 4 is 0 Å². The molecule has 0 bridgehead atoms. The van der Waals surface area contributed by atoms with Gasteiger partial charge >= 0.3 is 0 Å². The average molecular weight is 227 g/mol. The predicted molar refractivity (Wildman–Crippen MR) is 62.2 cm³/mol. The Labute approximate surface area is 96.9 Å². The van der Waals surface area contributed by atoms with Gasteiger partial charge in [-0.2, -0.15) is 0 Å². The van der Waals surface area contributed by atoms with Crippen LogP contribution in [0.25, 0.3) is 0 Å². The van der Waals surface area contributed by atoms with Gasteiger partial charge in [-0.15, -0.1) is 0 Å².